The first-order chi connectivity index (χ1) is 18.2. The van der Waals surface area contributed by atoms with E-state index in [2.05, 4.69) is 51.3 Å². The smallest absolute Gasteiger partial charge is 0.321 e. The lowest BCUT2D eigenvalue weighted by atomic mass is 9.74. The second kappa shape index (κ2) is 11.5. The Morgan fingerprint density at radius 1 is 1.05 bits per heavy atom. The number of urea groups is 1. The third kappa shape index (κ3) is 5.61. The summed E-state index contributed by atoms with van der Waals surface area (Å²) in [6.07, 6.45) is 3.77. The van der Waals surface area contributed by atoms with Crippen molar-refractivity contribution in [2.24, 2.45) is 5.73 Å². The molecule has 190 valence electrons. The van der Waals surface area contributed by atoms with Crippen molar-refractivity contribution in [2.75, 3.05) is 38.6 Å². The number of aromatic nitrogens is 1. The number of hydrogen-bond donors (Lipinski definition) is 2. The van der Waals surface area contributed by atoms with Gasteiger partial charge in [-0.05, 0) is 79.4 Å². The van der Waals surface area contributed by atoms with Gasteiger partial charge in [-0.3, -0.25) is 4.90 Å². The molecule has 3 N–H and O–H groups in total. The second-order valence-corrected chi connectivity index (χ2v) is 9.53. The summed E-state index contributed by atoms with van der Waals surface area (Å²) in [5, 5.41) is 3.05. The van der Waals surface area contributed by atoms with Gasteiger partial charge < -0.3 is 20.7 Å². The van der Waals surface area contributed by atoms with Gasteiger partial charge in [0.25, 0.3) is 0 Å². The van der Waals surface area contributed by atoms with E-state index in [0.717, 1.165) is 48.6 Å². The van der Waals surface area contributed by atoms with Crippen LogP contribution >= 0.6 is 0 Å². The molecule has 2 aliphatic heterocycles. The van der Waals surface area contributed by atoms with Crippen molar-refractivity contribution in [3.05, 3.63) is 89.7 Å². The van der Waals surface area contributed by atoms with Crippen LogP contribution in [0.2, 0.25) is 0 Å². The number of anilines is 1. The van der Waals surface area contributed by atoms with Gasteiger partial charge in [0.15, 0.2) is 0 Å². The Morgan fingerprint density at radius 2 is 1.84 bits per heavy atom. The second-order valence-electron chi connectivity index (χ2n) is 9.53. The average molecular weight is 496 g/mol. The van der Waals surface area contributed by atoms with E-state index >= 15 is 0 Å². The quantitative estimate of drug-likeness (QED) is 0.536. The molecule has 0 spiro atoms. The van der Waals surface area contributed by atoms with E-state index in [-0.39, 0.29) is 24.0 Å². The fourth-order valence-corrected chi connectivity index (χ4v) is 5.43. The molecule has 7 nitrogen and oxygen atoms in total. The number of nitrogens with zero attached hydrogens (tertiary/aromatic N) is 3. The number of fused-ring (bicyclic) bond motifs is 1. The first-order valence-electron chi connectivity index (χ1n) is 12.8. The number of methoxy groups -OCH3 is 1. The Bertz CT molecular complexity index is 1250. The minimum absolute atomic E-state index is 0.0675. The van der Waals surface area contributed by atoms with Gasteiger partial charge in [-0.15, -0.1) is 0 Å². The summed E-state index contributed by atoms with van der Waals surface area (Å²) in [7, 11) is 1.63. The SMILES string of the molecule is COc1ccc(NC(=O)N2CCCCN3[C@H](CN)[C@H](c4ccc(C#Cc5ccccn5)cc4)[C@@H]3C2)cc1. The Hall–Kier alpha value is -3.86. The van der Waals surface area contributed by atoms with Gasteiger partial charge in [-0.1, -0.05) is 24.1 Å². The standard InChI is InChI=1S/C30H33N5O2/c1-37-26-15-13-25(14-16-26)33-30(36)34-18-4-5-19-35-27(20-31)29(28(35)21-34)23-10-7-22(8-11-23)9-12-24-6-2-3-17-32-24/h2-3,6-8,10-11,13-17,27-29H,4-5,18-21,31H2,1H3,(H,33,36)/t27-,28+,29+/m1/s1. The predicted molar refractivity (Wildman–Crippen MR) is 146 cm³/mol. The van der Waals surface area contributed by atoms with Crippen LogP contribution in [-0.2, 0) is 0 Å². The van der Waals surface area contributed by atoms with Crippen molar-refractivity contribution in [1.82, 2.24) is 14.8 Å². The van der Waals surface area contributed by atoms with Gasteiger partial charge >= 0.3 is 6.03 Å². The number of nitrogens with one attached hydrogen (secondary N) is 1. The summed E-state index contributed by atoms with van der Waals surface area (Å²) < 4.78 is 5.22. The zero-order chi connectivity index (χ0) is 25.6. The summed E-state index contributed by atoms with van der Waals surface area (Å²) in [4.78, 5) is 21.9. The van der Waals surface area contributed by atoms with Crippen LogP contribution in [0, 0.1) is 11.8 Å². The largest absolute Gasteiger partial charge is 0.497 e. The maximum absolute atomic E-state index is 13.2. The first-order valence-corrected chi connectivity index (χ1v) is 12.8. The monoisotopic (exact) mass is 495 g/mol. The molecule has 2 aliphatic rings. The molecule has 2 amide bonds. The Morgan fingerprint density at radius 3 is 2.54 bits per heavy atom. The highest BCUT2D eigenvalue weighted by atomic mass is 16.5. The van der Waals surface area contributed by atoms with Crippen LogP contribution in [0.25, 0.3) is 0 Å². The molecule has 2 fully saturated rings. The highest BCUT2D eigenvalue weighted by Gasteiger charge is 2.49. The van der Waals surface area contributed by atoms with Gasteiger partial charge in [0.05, 0.1) is 7.11 Å². The number of carbonyl (C=O) groups excluding carboxylic acids is 1. The van der Waals surface area contributed by atoms with Crippen LogP contribution in [0.3, 0.4) is 0 Å². The molecule has 0 aliphatic carbocycles. The van der Waals surface area contributed by atoms with Gasteiger partial charge in [0.2, 0.25) is 0 Å². The minimum atomic E-state index is -0.0675. The highest BCUT2D eigenvalue weighted by Crippen LogP contribution is 2.41. The van der Waals surface area contributed by atoms with Crippen molar-refractivity contribution in [3.8, 4) is 17.6 Å². The van der Waals surface area contributed by atoms with Gasteiger partial charge in [0, 0.05) is 55.1 Å². The van der Waals surface area contributed by atoms with Crippen molar-refractivity contribution in [2.45, 2.75) is 30.8 Å². The third-order valence-electron chi connectivity index (χ3n) is 7.35. The van der Waals surface area contributed by atoms with Crippen molar-refractivity contribution in [3.63, 3.8) is 0 Å². The fourth-order valence-electron chi connectivity index (χ4n) is 5.43. The third-order valence-corrected chi connectivity index (χ3v) is 7.35. The summed E-state index contributed by atoms with van der Waals surface area (Å²) in [5.74, 6) is 7.35. The van der Waals surface area contributed by atoms with Crippen LogP contribution in [0.5, 0.6) is 5.75 Å². The first kappa shape index (κ1) is 24.8. The van der Waals surface area contributed by atoms with Gasteiger partial charge in [-0.2, -0.15) is 0 Å². The lowest BCUT2D eigenvalue weighted by Gasteiger charge is -2.57. The Kier molecular flexibility index (Phi) is 7.69. The molecule has 0 bridgehead atoms. The summed E-state index contributed by atoms with van der Waals surface area (Å²) in [5.41, 5.74) is 9.96. The summed E-state index contributed by atoms with van der Waals surface area (Å²) >= 11 is 0. The topological polar surface area (TPSA) is 83.7 Å². The Balaban J connectivity index is 1.30. The van der Waals surface area contributed by atoms with E-state index in [0.29, 0.717) is 13.1 Å². The summed E-state index contributed by atoms with van der Waals surface area (Å²) in [6.45, 7) is 3.03. The minimum Gasteiger partial charge on any atom is -0.497 e. The maximum Gasteiger partial charge on any atom is 0.321 e. The van der Waals surface area contributed by atoms with E-state index in [1.54, 1.807) is 13.3 Å². The Labute approximate surface area is 218 Å². The zero-order valence-corrected chi connectivity index (χ0v) is 21.1. The molecule has 0 unspecified atom stereocenters. The molecule has 0 radical (unpaired) electrons. The van der Waals surface area contributed by atoms with E-state index in [1.807, 2.05) is 47.4 Å². The number of carbonyl (C=O) groups is 1. The average Bonchev–Trinajstić information content (AvgIpc) is 2.92. The lowest BCUT2D eigenvalue weighted by molar-refractivity contribution is -0.0305. The zero-order valence-electron chi connectivity index (χ0n) is 21.1. The van der Waals surface area contributed by atoms with Crippen LogP contribution < -0.4 is 15.8 Å². The van der Waals surface area contributed by atoms with Crippen LogP contribution in [0.4, 0.5) is 10.5 Å². The van der Waals surface area contributed by atoms with E-state index in [9.17, 15) is 4.79 Å². The molecule has 5 rings (SSSR count). The molecule has 0 saturated carbocycles. The highest BCUT2D eigenvalue weighted by molar-refractivity contribution is 5.89. The summed E-state index contributed by atoms with van der Waals surface area (Å²) in [6, 6.07) is 22.1. The number of ether oxygens (including phenoxy) is 1. The van der Waals surface area contributed by atoms with E-state index in [4.69, 9.17) is 10.5 Å². The number of pyridine rings is 1. The molecule has 2 saturated heterocycles. The molecule has 3 atom stereocenters. The molecular formula is C30H33N5O2. The van der Waals surface area contributed by atoms with Crippen LogP contribution in [0.15, 0.2) is 72.9 Å². The number of benzene rings is 2. The van der Waals surface area contributed by atoms with Crippen LogP contribution in [-0.4, -0.2) is 66.2 Å². The number of nitrogens with two attached hydrogens (primary N) is 1. The fraction of sp³-hybridized carbons (Fsp3) is 0.333. The van der Waals surface area contributed by atoms with Crippen molar-refractivity contribution in [1.29, 1.82) is 0 Å². The normalized spacial score (nSPS) is 21.4. The maximum atomic E-state index is 13.2. The number of amides is 2. The number of hydrogen-bond acceptors (Lipinski definition) is 5. The molecule has 2 aromatic carbocycles. The molecule has 3 heterocycles. The molecule has 7 heteroatoms. The van der Waals surface area contributed by atoms with E-state index in [1.165, 1.54) is 5.56 Å². The lowest BCUT2D eigenvalue weighted by Crippen LogP contribution is -2.68. The van der Waals surface area contributed by atoms with Crippen molar-refractivity contribution >= 4 is 11.7 Å². The van der Waals surface area contributed by atoms with Gasteiger partial charge in [-0.25, -0.2) is 9.78 Å². The van der Waals surface area contributed by atoms with Crippen LogP contribution in [0.1, 0.15) is 35.6 Å². The van der Waals surface area contributed by atoms with E-state index < -0.39 is 0 Å². The predicted octanol–water partition coefficient (Wildman–Crippen LogP) is 3.91. The van der Waals surface area contributed by atoms with Gasteiger partial charge in [0.1, 0.15) is 11.4 Å². The number of rotatable bonds is 4. The molecule has 37 heavy (non-hydrogen) atoms. The molecule has 1 aromatic heterocycles. The molecule has 3 aromatic rings. The molecular weight excluding hydrogens is 462 g/mol. The van der Waals surface area contributed by atoms with Crippen molar-refractivity contribution < 1.29 is 9.53 Å².